The number of carbonyl (C=O) groups is 2. The number of nitrogens with one attached hydrogen (secondary N) is 1. The number of likely N-dealkylation sites (tertiary alicyclic amines) is 2. The summed E-state index contributed by atoms with van der Waals surface area (Å²) in [5, 5.41) is 3.16. The van der Waals surface area contributed by atoms with Gasteiger partial charge in [-0.3, -0.25) is 14.5 Å². The van der Waals surface area contributed by atoms with Crippen molar-refractivity contribution in [2.75, 3.05) is 26.2 Å². The Morgan fingerprint density at radius 2 is 1.92 bits per heavy atom. The van der Waals surface area contributed by atoms with Crippen molar-refractivity contribution in [1.29, 1.82) is 0 Å². The fourth-order valence-electron chi connectivity index (χ4n) is 4.18. The lowest BCUT2D eigenvalue weighted by Crippen LogP contribution is -2.51. The van der Waals surface area contributed by atoms with Gasteiger partial charge in [0.1, 0.15) is 0 Å². The maximum absolute atomic E-state index is 12.5. The molecule has 2 amide bonds. The highest BCUT2D eigenvalue weighted by Crippen LogP contribution is 2.26. The van der Waals surface area contributed by atoms with Crippen LogP contribution >= 0.6 is 0 Å². The quantitative estimate of drug-likeness (QED) is 0.882. The maximum Gasteiger partial charge on any atom is 0.291 e. The molecule has 4 rings (SSSR count). The molecule has 3 heterocycles. The lowest BCUT2D eigenvalue weighted by atomic mass is 9.93. The minimum absolute atomic E-state index is 0.0567. The monoisotopic (exact) mass is 360 g/mol. The number of piperidine rings is 2. The van der Waals surface area contributed by atoms with Crippen LogP contribution in [0.3, 0.4) is 0 Å². The molecule has 1 aliphatic carbocycles. The van der Waals surface area contributed by atoms with E-state index in [0.717, 1.165) is 64.7 Å². The van der Waals surface area contributed by atoms with Crippen LogP contribution in [0, 0.1) is 12.8 Å². The molecule has 2 aliphatic heterocycles. The molecule has 0 aromatic carbocycles. The summed E-state index contributed by atoms with van der Waals surface area (Å²) in [4.78, 5) is 33.3. The maximum atomic E-state index is 12.5. The van der Waals surface area contributed by atoms with Crippen molar-refractivity contribution in [2.45, 2.75) is 57.5 Å². The Morgan fingerprint density at radius 1 is 1.15 bits per heavy atom. The normalized spacial score (nSPS) is 25.3. The fraction of sp³-hybridized carbons (Fsp3) is 0.737. The number of oxazole rings is 1. The molecule has 0 bridgehead atoms. The summed E-state index contributed by atoms with van der Waals surface area (Å²) < 4.78 is 5.24. The summed E-state index contributed by atoms with van der Waals surface area (Å²) in [6.45, 7) is 5.19. The standard InChI is InChI=1S/C19H28N4O3/c1-13-17(26-12-20-13)19(25)22-9-6-16(7-10-22)23-8-2-3-14(11-23)18(24)21-15-4-5-15/h12,14-16H,2-11H2,1H3,(H,21,24)/t14-/m1/s1. The molecular formula is C19H28N4O3. The molecular weight excluding hydrogens is 332 g/mol. The van der Waals surface area contributed by atoms with Crippen LogP contribution < -0.4 is 5.32 Å². The molecule has 0 spiro atoms. The predicted molar refractivity (Wildman–Crippen MR) is 95.6 cm³/mol. The molecule has 1 aromatic rings. The summed E-state index contributed by atoms with van der Waals surface area (Å²) in [7, 11) is 0. The third-order valence-electron chi connectivity index (χ3n) is 5.96. The van der Waals surface area contributed by atoms with Gasteiger partial charge in [-0.25, -0.2) is 4.98 Å². The van der Waals surface area contributed by atoms with Crippen LogP contribution in [0.15, 0.2) is 10.8 Å². The van der Waals surface area contributed by atoms with Crippen molar-refractivity contribution in [3.05, 3.63) is 17.8 Å². The first-order valence-corrected chi connectivity index (χ1v) is 9.85. The lowest BCUT2D eigenvalue weighted by Gasteiger charge is -2.41. The van der Waals surface area contributed by atoms with Crippen molar-refractivity contribution in [1.82, 2.24) is 20.1 Å². The van der Waals surface area contributed by atoms with Crippen molar-refractivity contribution in [2.24, 2.45) is 5.92 Å². The van der Waals surface area contributed by atoms with Gasteiger partial charge in [-0.05, 0) is 52.0 Å². The Bertz CT molecular complexity index is 661. The zero-order valence-electron chi connectivity index (χ0n) is 15.4. The van der Waals surface area contributed by atoms with E-state index in [1.165, 1.54) is 6.39 Å². The SMILES string of the molecule is Cc1ncoc1C(=O)N1CCC(N2CCC[C@@H](C(=O)NC3CC3)C2)CC1. The number of nitrogens with zero attached hydrogens (tertiary/aromatic N) is 3. The molecule has 3 fully saturated rings. The van der Waals surface area contributed by atoms with Gasteiger partial charge in [-0.1, -0.05) is 0 Å². The lowest BCUT2D eigenvalue weighted by molar-refractivity contribution is -0.127. The van der Waals surface area contributed by atoms with E-state index in [1.54, 1.807) is 6.92 Å². The number of aromatic nitrogens is 1. The summed E-state index contributed by atoms with van der Waals surface area (Å²) in [5.41, 5.74) is 0.651. The van der Waals surface area contributed by atoms with Crippen LogP contribution in [0.2, 0.25) is 0 Å². The topological polar surface area (TPSA) is 78.7 Å². The van der Waals surface area contributed by atoms with Crippen molar-refractivity contribution in [3.63, 3.8) is 0 Å². The van der Waals surface area contributed by atoms with Crippen LogP contribution in [-0.4, -0.2) is 64.9 Å². The van der Waals surface area contributed by atoms with Gasteiger partial charge in [0.15, 0.2) is 6.39 Å². The van der Waals surface area contributed by atoms with Crippen LogP contribution in [0.5, 0.6) is 0 Å². The highest BCUT2D eigenvalue weighted by Gasteiger charge is 2.35. The number of hydrogen-bond donors (Lipinski definition) is 1. The zero-order valence-corrected chi connectivity index (χ0v) is 15.4. The zero-order chi connectivity index (χ0) is 18.1. The highest BCUT2D eigenvalue weighted by atomic mass is 16.3. The summed E-state index contributed by atoms with van der Waals surface area (Å²) in [5.74, 6) is 0.670. The molecule has 1 atom stereocenters. The average Bonchev–Trinajstić information content (AvgIpc) is 3.39. The van der Waals surface area contributed by atoms with Crippen molar-refractivity contribution >= 4 is 11.8 Å². The van der Waals surface area contributed by atoms with Gasteiger partial charge >= 0.3 is 0 Å². The predicted octanol–water partition coefficient (Wildman–Crippen LogP) is 1.58. The molecule has 7 nitrogen and oxygen atoms in total. The minimum Gasteiger partial charge on any atom is -0.438 e. The number of amides is 2. The van der Waals surface area contributed by atoms with Crippen molar-refractivity contribution in [3.8, 4) is 0 Å². The molecule has 26 heavy (non-hydrogen) atoms. The molecule has 3 aliphatic rings. The highest BCUT2D eigenvalue weighted by molar-refractivity contribution is 5.92. The molecule has 1 saturated carbocycles. The van der Waals surface area contributed by atoms with E-state index in [0.29, 0.717) is 23.5 Å². The van der Waals surface area contributed by atoms with E-state index in [1.807, 2.05) is 4.90 Å². The van der Waals surface area contributed by atoms with Gasteiger partial charge in [-0.15, -0.1) is 0 Å². The van der Waals surface area contributed by atoms with E-state index >= 15 is 0 Å². The Kier molecular flexibility index (Phi) is 4.98. The second-order valence-corrected chi connectivity index (χ2v) is 7.91. The van der Waals surface area contributed by atoms with Crippen LogP contribution in [0.4, 0.5) is 0 Å². The first kappa shape index (κ1) is 17.5. The first-order valence-electron chi connectivity index (χ1n) is 9.85. The molecule has 142 valence electrons. The van der Waals surface area contributed by atoms with Gasteiger partial charge in [0, 0.05) is 31.7 Å². The minimum atomic E-state index is -0.0567. The number of rotatable bonds is 4. The smallest absolute Gasteiger partial charge is 0.291 e. The Hall–Kier alpha value is -1.89. The van der Waals surface area contributed by atoms with E-state index in [2.05, 4.69) is 15.2 Å². The molecule has 1 aromatic heterocycles. The van der Waals surface area contributed by atoms with E-state index < -0.39 is 0 Å². The van der Waals surface area contributed by atoms with Gasteiger partial charge < -0.3 is 14.6 Å². The summed E-state index contributed by atoms with van der Waals surface area (Å²) >= 11 is 0. The second-order valence-electron chi connectivity index (χ2n) is 7.91. The van der Waals surface area contributed by atoms with Crippen LogP contribution in [-0.2, 0) is 4.79 Å². The largest absolute Gasteiger partial charge is 0.438 e. The van der Waals surface area contributed by atoms with Gasteiger partial charge in [-0.2, -0.15) is 0 Å². The average molecular weight is 360 g/mol. The Balaban J connectivity index is 1.29. The molecule has 1 N–H and O–H groups in total. The third-order valence-corrected chi connectivity index (χ3v) is 5.96. The van der Waals surface area contributed by atoms with Gasteiger partial charge in [0.25, 0.3) is 5.91 Å². The van der Waals surface area contributed by atoms with Gasteiger partial charge in [0.05, 0.1) is 11.6 Å². The molecule has 0 radical (unpaired) electrons. The summed E-state index contributed by atoms with van der Waals surface area (Å²) in [6.07, 6.45) is 7.59. The number of carbonyl (C=O) groups excluding carboxylic acids is 2. The number of hydrogen-bond acceptors (Lipinski definition) is 5. The van der Waals surface area contributed by atoms with E-state index in [-0.39, 0.29) is 17.7 Å². The molecule has 2 saturated heterocycles. The van der Waals surface area contributed by atoms with Crippen LogP contribution in [0.25, 0.3) is 0 Å². The second kappa shape index (κ2) is 7.39. The third kappa shape index (κ3) is 3.77. The van der Waals surface area contributed by atoms with Crippen LogP contribution in [0.1, 0.15) is 54.8 Å². The van der Waals surface area contributed by atoms with E-state index in [4.69, 9.17) is 4.42 Å². The molecule has 0 unspecified atom stereocenters. The van der Waals surface area contributed by atoms with E-state index in [9.17, 15) is 9.59 Å². The summed E-state index contributed by atoms with van der Waals surface area (Å²) in [6, 6.07) is 0.901. The number of aryl methyl sites for hydroxylation is 1. The first-order chi connectivity index (χ1) is 12.6. The molecule has 7 heteroatoms. The van der Waals surface area contributed by atoms with Gasteiger partial charge in [0.2, 0.25) is 11.7 Å². The Labute approximate surface area is 154 Å². The Morgan fingerprint density at radius 3 is 2.58 bits per heavy atom. The fourth-order valence-corrected chi connectivity index (χ4v) is 4.18. The van der Waals surface area contributed by atoms with Crippen molar-refractivity contribution < 1.29 is 14.0 Å².